The number of nitrogens with zero attached hydrogens (tertiary/aromatic N) is 2. The lowest BCUT2D eigenvalue weighted by atomic mass is 10.3. The molecule has 0 unspecified atom stereocenters. The molecule has 1 rings (SSSR count). The van der Waals surface area contributed by atoms with Crippen LogP contribution in [0.2, 0.25) is 0 Å². The lowest BCUT2D eigenvalue weighted by Gasteiger charge is -2.10. The van der Waals surface area contributed by atoms with Gasteiger partial charge >= 0.3 is 0 Å². The summed E-state index contributed by atoms with van der Waals surface area (Å²) in [5, 5.41) is 13.3. The van der Waals surface area contributed by atoms with Gasteiger partial charge in [-0.05, 0) is 27.7 Å². The highest BCUT2D eigenvalue weighted by Gasteiger charge is 2.17. The third kappa shape index (κ3) is 2.66. The fourth-order valence-corrected chi connectivity index (χ4v) is 1.49. The predicted octanol–water partition coefficient (Wildman–Crippen LogP) is 1.82. The fraction of sp³-hybridized carbons (Fsp3) is 0.700. The van der Waals surface area contributed by atoms with Gasteiger partial charge in [-0.1, -0.05) is 0 Å². The summed E-state index contributed by atoms with van der Waals surface area (Å²) in [6.07, 6.45) is 0.0723. The van der Waals surface area contributed by atoms with Crippen LogP contribution in [0.3, 0.4) is 0 Å². The molecule has 0 radical (unpaired) electrons. The number of aliphatic hydroxyl groups excluding tert-OH is 1. The second-order valence-electron chi connectivity index (χ2n) is 3.88. The van der Waals surface area contributed by atoms with Crippen LogP contribution in [0.4, 0.5) is 0 Å². The van der Waals surface area contributed by atoms with Crippen LogP contribution in [0.25, 0.3) is 0 Å². The van der Waals surface area contributed by atoms with Crippen LogP contribution < -0.4 is 4.74 Å². The van der Waals surface area contributed by atoms with E-state index in [0.717, 1.165) is 10.6 Å². The highest BCUT2D eigenvalue weighted by molar-refractivity contribution is 7.80. The molecule has 0 bridgehead atoms. The summed E-state index contributed by atoms with van der Waals surface area (Å²) in [5.41, 5.74) is 0.913. The van der Waals surface area contributed by atoms with Gasteiger partial charge in [0.25, 0.3) is 0 Å². The zero-order valence-electron chi connectivity index (χ0n) is 9.56. The second-order valence-corrected chi connectivity index (χ2v) is 4.33. The number of thiol groups is 1. The van der Waals surface area contributed by atoms with Gasteiger partial charge in [0.1, 0.15) is 0 Å². The first-order valence-corrected chi connectivity index (χ1v) is 5.47. The summed E-state index contributed by atoms with van der Waals surface area (Å²) < 4.78 is 7.25. The van der Waals surface area contributed by atoms with Crippen molar-refractivity contribution in [3.8, 4) is 5.88 Å². The molecule has 0 saturated heterocycles. The molecule has 0 aliphatic carbocycles. The van der Waals surface area contributed by atoms with E-state index in [1.165, 1.54) is 0 Å². The lowest BCUT2D eigenvalue weighted by molar-refractivity contribution is 0.210. The summed E-state index contributed by atoms with van der Waals surface area (Å²) in [7, 11) is 0. The highest BCUT2D eigenvalue weighted by Crippen LogP contribution is 2.27. The van der Waals surface area contributed by atoms with E-state index in [1.54, 1.807) is 4.68 Å². The molecule has 1 N–H and O–H groups in total. The van der Waals surface area contributed by atoms with Gasteiger partial charge in [0.05, 0.1) is 29.3 Å². The van der Waals surface area contributed by atoms with E-state index in [9.17, 15) is 0 Å². The van der Waals surface area contributed by atoms with Gasteiger partial charge in [0, 0.05) is 0 Å². The molecule has 1 atom stereocenters. The summed E-state index contributed by atoms with van der Waals surface area (Å²) in [4.78, 5) is 0.740. The van der Waals surface area contributed by atoms with Gasteiger partial charge in [0.15, 0.2) is 0 Å². The molecule has 0 aliphatic rings. The molecule has 15 heavy (non-hydrogen) atoms. The standard InChI is InChI=1S/C10H18N2O2S/c1-6(2)14-10-9(15)8(4)12(11-10)7(3)5-13/h6-7,13,15H,5H2,1-4H3/t7-/m0/s1. The molecular weight excluding hydrogens is 212 g/mol. The van der Waals surface area contributed by atoms with Crippen molar-refractivity contribution >= 4 is 12.6 Å². The molecule has 4 nitrogen and oxygen atoms in total. The van der Waals surface area contributed by atoms with Crippen molar-refractivity contribution in [2.75, 3.05) is 6.61 Å². The van der Waals surface area contributed by atoms with Gasteiger partial charge < -0.3 is 9.84 Å². The van der Waals surface area contributed by atoms with Crippen LogP contribution in [-0.4, -0.2) is 27.6 Å². The third-order valence-electron chi connectivity index (χ3n) is 2.12. The molecule has 0 spiro atoms. The number of hydrogen-bond donors (Lipinski definition) is 2. The third-order valence-corrected chi connectivity index (χ3v) is 2.63. The van der Waals surface area contributed by atoms with E-state index in [4.69, 9.17) is 9.84 Å². The molecule has 0 fully saturated rings. The van der Waals surface area contributed by atoms with Gasteiger partial charge in [-0.15, -0.1) is 17.7 Å². The van der Waals surface area contributed by atoms with Crippen molar-refractivity contribution in [1.29, 1.82) is 0 Å². The zero-order valence-corrected chi connectivity index (χ0v) is 10.5. The average Bonchev–Trinajstić information content (AvgIpc) is 2.44. The Labute approximate surface area is 95.7 Å². The molecule has 0 aromatic carbocycles. The Morgan fingerprint density at radius 3 is 2.53 bits per heavy atom. The van der Waals surface area contributed by atoms with Crippen molar-refractivity contribution in [2.24, 2.45) is 0 Å². The first-order valence-electron chi connectivity index (χ1n) is 5.03. The van der Waals surface area contributed by atoms with Gasteiger partial charge in [0.2, 0.25) is 5.88 Å². The Bertz CT molecular complexity index is 336. The SMILES string of the molecule is Cc1c(S)c(OC(C)C)nn1[C@@H](C)CO. The van der Waals surface area contributed by atoms with Gasteiger partial charge in [-0.25, -0.2) is 0 Å². The van der Waals surface area contributed by atoms with Crippen LogP contribution in [-0.2, 0) is 0 Å². The Kier molecular flexibility index (Phi) is 4.04. The number of aromatic nitrogens is 2. The van der Waals surface area contributed by atoms with E-state index in [1.807, 2.05) is 27.7 Å². The molecular formula is C10H18N2O2S. The van der Waals surface area contributed by atoms with Crippen LogP contribution in [0.1, 0.15) is 32.5 Å². The van der Waals surface area contributed by atoms with Crippen molar-refractivity contribution in [1.82, 2.24) is 9.78 Å². The van der Waals surface area contributed by atoms with Crippen molar-refractivity contribution in [3.05, 3.63) is 5.69 Å². The minimum absolute atomic E-state index is 0.0524. The number of rotatable bonds is 4. The molecule has 1 aromatic rings. The zero-order chi connectivity index (χ0) is 11.6. The smallest absolute Gasteiger partial charge is 0.246 e. The Balaban J connectivity index is 3.01. The van der Waals surface area contributed by atoms with E-state index in [2.05, 4.69) is 17.7 Å². The van der Waals surface area contributed by atoms with Crippen molar-refractivity contribution in [3.63, 3.8) is 0 Å². The van der Waals surface area contributed by atoms with E-state index < -0.39 is 0 Å². The van der Waals surface area contributed by atoms with Crippen LogP contribution in [0, 0.1) is 6.92 Å². The molecule has 5 heteroatoms. The highest BCUT2D eigenvalue weighted by atomic mass is 32.1. The van der Waals surface area contributed by atoms with Crippen LogP contribution >= 0.6 is 12.6 Å². The normalized spacial score (nSPS) is 13.3. The predicted molar refractivity (Wildman–Crippen MR) is 61.8 cm³/mol. The molecule has 0 saturated carbocycles. The number of aliphatic hydroxyl groups is 1. The van der Waals surface area contributed by atoms with Gasteiger partial charge in [-0.2, -0.15) is 0 Å². The van der Waals surface area contributed by atoms with Crippen molar-refractivity contribution < 1.29 is 9.84 Å². The van der Waals surface area contributed by atoms with Crippen molar-refractivity contribution in [2.45, 2.75) is 44.7 Å². The van der Waals surface area contributed by atoms with Gasteiger partial charge in [-0.3, -0.25) is 4.68 Å². The Morgan fingerprint density at radius 2 is 2.07 bits per heavy atom. The average molecular weight is 230 g/mol. The minimum Gasteiger partial charge on any atom is -0.473 e. The van der Waals surface area contributed by atoms with E-state index in [-0.39, 0.29) is 18.8 Å². The maximum Gasteiger partial charge on any atom is 0.246 e. The Morgan fingerprint density at radius 1 is 1.47 bits per heavy atom. The quantitative estimate of drug-likeness (QED) is 0.776. The number of hydrogen-bond acceptors (Lipinski definition) is 4. The topological polar surface area (TPSA) is 47.3 Å². The molecule has 0 aliphatic heterocycles. The molecule has 1 heterocycles. The largest absolute Gasteiger partial charge is 0.473 e. The molecule has 86 valence electrons. The first-order chi connectivity index (χ1) is 6.97. The Hall–Kier alpha value is -0.680. The minimum atomic E-state index is -0.0552. The van der Waals surface area contributed by atoms with Crippen LogP contribution in [0.5, 0.6) is 5.88 Å². The molecule has 0 amide bonds. The maximum absolute atomic E-state index is 9.07. The first kappa shape index (κ1) is 12.4. The van der Waals surface area contributed by atoms with E-state index in [0.29, 0.717) is 5.88 Å². The maximum atomic E-state index is 9.07. The second kappa shape index (κ2) is 4.90. The van der Waals surface area contributed by atoms with E-state index >= 15 is 0 Å². The summed E-state index contributed by atoms with van der Waals surface area (Å²) in [5.74, 6) is 0.533. The lowest BCUT2D eigenvalue weighted by Crippen LogP contribution is -2.13. The summed E-state index contributed by atoms with van der Waals surface area (Å²) >= 11 is 4.35. The fourth-order valence-electron chi connectivity index (χ4n) is 1.29. The summed E-state index contributed by atoms with van der Waals surface area (Å²) in [6, 6.07) is -0.0552. The summed E-state index contributed by atoms with van der Waals surface area (Å²) in [6.45, 7) is 7.74. The molecule has 1 aromatic heterocycles. The number of ether oxygens (including phenoxy) is 1. The monoisotopic (exact) mass is 230 g/mol. The van der Waals surface area contributed by atoms with Crippen LogP contribution in [0.15, 0.2) is 4.90 Å².